The number of ether oxygens (including phenoxy) is 1. The minimum atomic E-state index is -0.0614. The number of fused-ring (bicyclic) bond motifs is 1. The third kappa shape index (κ3) is 8.57. The van der Waals surface area contributed by atoms with Gasteiger partial charge in [-0.25, -0.2) is 0 Å². The Balaban J connectivity index is 1.45. The molecule has 1 aliphatic heterocycles. The molecule has 0 saturated heterocycles. The molecule has 2 amide bonds. The Morgan fingerprint density at radius 1 is 1.08 bits per heavy atom. The first kappa shape index (κ1) is 28.6. The standard InChI is InChI=1S/C30H38ClN5O3/c1-22-30(31)23(2)36(34-22)15-14-33-28(37)18-25-11-12-27-26(17-25)20-35(19-24-9-5-3-6-10-24)21-29(38)32-13-7-4-8-16-39-27/h3,5-6,9-12,17H,4,7-8,13-16,18-21H2,1-2H3,(H,32,38)(H,33,37). The van der Waals surface area contributed by atoms with Crippen LogP contribution in [0.5, 0.6) is 5.75 Å². The number of halogens is 1. The van der Waals surface area contributed by atoms with Crippen LogP contribution in [0, 0.1) is 13.8 Å². The highest BCUT2D eigenvalue weighted by Crippen LogP contribution is 2.24. The average molecular weight is 552 g/mol. The topological polar surface area (TPSA) is 88.5 Å². The van der Waals surface area contributed by atoms with Gasteiger partial charge in [0, 0.05) is 31.7 Å². The molecule has 2 aromatic carbocycles. The van der Waals surface area contributed by atoms with Gasteiger partial charge < -0.3 is 15.4 Å². The summed E-state index contributed by atoms with van der Waals surface area (Å²) in [5.74, 6) is 0.763. The summed E-state index contributed by atoms with van der Waals surface area (Å²) < 4.78 is 7.99. The summed E-state index contributed by atoms with van der Waals surface area (Å²) in [5.41, 5.74) is 4.69. The quantitative estimate of drug-likeness (QED) is 0.459. The van der Waals surface area contributed by atoms with E-state index in [1.54, 1.807) is 0 Å². The molecule has 2 N–H and O–H groups in total. The Bertz CT molecular complexity index is 1260. The van der Waals surface area contributed by atoms with Crippen LogP contribution in [0.1, 0.15) is 47.3 Å². The Kier molecular flexibility index (Phi) is 10.4. The number of hydrogen-bond acceptors (Lipinski definition) is 5. The van der Waals surface area contributed by atoms with Crippen LogP contribution in [0.15, 0.2) is 48.5 Å². The van der Waals surface area contributed by atoms with Gasteiger partial charge in [-0.1, -0.05) is 54.1 Å². The maximum absolute atomic E-state index is 12.8. The molecule has 0 fully saturated rings. The van der Waals surface area contributed by atoms with Crippen LogP contribution in [-0.2, 0) is 35.6 Å². The Morgan fingerprint density at radius 2 is 1.90 bits per heavy atom. The summed E-state index contributed by atoms with van der Waals surface area (Å²) in [7, 11) is 0. The minimum absolute atomic E-state index is 0.0204. The number of rotatable bonds is 7. The van der Waals surface area contributed by atoms with Crippen molar-refractivity contribution in [3.8, 4) is 5.75 Å². The first-order valence-electron chi connectivity index (χ1n) is 13.6. The highest BCUT2D eigenvalue weighted by Gasteiger charge is 2.17. The average Bonchev–Trinajstić information content (AvgIpc) is 3.16. The van der Waals surface area contributed by atoms with Crippen molar-refractivity contribution in [2.45, 2.75) is 59.2 Å². The van der Waals surface area contributed by atoms with E-state index in [-0.39, 0.29) is 24.8 Å². The van der Waals surface area contributed by atoms with Crippen molar-refractivity contribution < 1.29 is 14.3 Å². The second-order valence-electron chi connectivity index (χ2n) is 10.1. The van der Waals surface area contributed by atoms with Crippen molar-refractivity contribution in [2.24, 2.45) is 0 Å². The zero-order chi connectivity index (χ0) is 27.6. The Labute approximate surface area is 235 Å². The summed E-state index contributed by atoms with van der Waals surface area (Å²) in [6.45, 7) is 7.56. The number of benzene rings is 2. The number of aromatic nitrogens is 2. The smallest absolute Gasteiger partial charge is 0.234 e. The third-order valence-corrected chi connectivity index (χ3v) is 7.39. The lowest BCUT2D eigenvalue weighted by Crippen LogP contribution is -2.37. The molecule has 0 spiro atoms. The molecule has 1 aliphatic rings. The molecular weight excluding hydrogens is 514 g/mol. The zero-order valence-electron chi connectivity index (χ0n) is 22.8. The minimum Gasteiger partial charge on any atom is -0.493 e. The molecule has 0 unspecified atom stereocenters. The van der Waals surface area contributed by atoms with E-state index in [9.17, 15) is 9.59 Å². The second-order valence-corrected chi connectivity index (χ2v) is 10.4. The van der Waals surface area contributed by atoms with Crippen molar-refractivity contribution in [3.05, 3.63) is 81.6 Å². The van der Waals surface area contributed by atoms with Gasteiger partial charge in [-0.15, -0.1) is 0 Å². The molecule has 0 aliphatic carbocycles. The molecule has 4 rings (SSSR count). The summed E-state index contributed by atoms with van der Waals surface area (Å²) in [5, 5.41) is 11.1. The fourth-order valence-corrected chi connectivity index (χ4v) is 4.91. The van der Waals surface area contributed by atoms with Crippen molar-refractivity contribution in [1.82, 2.24) is 25.3 Å². The van der Waals surface area contributed by atoms with Crippen LogP contribution < -0.4 is 15.4 Å². The lowest BCUT2D eigenvalue weighted by atomic mass is 10.1. The summed E-state index contributed by atoms with van der Waals surface area (Å²) in [6, 6.07) is 16.1. The number of nitrogens with one attached hydrogen (secondary N) is 2. The number of hydrogen-bond donors (Lipinski definition) is 2. The lowest BCUT2D eigenvalue weighted by molar-refractivity contribution is -0.122. The summed E-state index contributed by atoms with van der Waals surface area (Å²) in [6.07, 6.45) is 3.10. The third-order valence-electron chi connectivity index (χ3n) is 6.84. The SMILES string of the molecule is Cc1nn(CCNC(=O)Cc2ccc3c(c2)CN(Cc2ccccc2)CC(=O)NCCCCCO3)c(C)c1Cl. The number of amides is 2. The van der Waals surface area contributed by atoms with Gasteiger partial charge in [-0.3, -0.25) is 19.2 Å². The van der Waals surface area contributed by atoms with Crippen molar-refractivity contribution >= 4 is 23.4 Å². The van der Waals surface area contributed by atoms with Crippen molar-refractivity contribution in [2.75, 3.05) is 26.2 Å². The summed E-state index contributed by atoms with van der Waals surface area (Å²) in [4.78, 5) is 27.6. The zero-order valence-corrected chi connectivity index (χ0v) is 23.6. The van der Waals surface area contributed by atoms with E-state index in [0.29, 0.717) is 44.4 Å². The van der Waals surface area contributed by atoms with Gasteiger partial charge >= 0.3 is 0 Å². The van der Waals surface area contributed by atoms with Gasteiger partial charge in [0.1, 0.15) is 5.75 Å². The molecule has 8 nitrogen and oxygen atoms in total. The monoisotopic (exact) mass is 551 g/mol. The lowest BCUT2D eigenvalue weighted by Gasteiger charge is -2.23. The van der Waals surface area contributed by atoms with E-state index in [1.165, 1.54) is 0 Å². The summed E-state index contributed by atoms with van der Waals surface area (Å²) >= 11 is 6.23. The molecule has 9 heteroatoms. The van der Waals surface area contributed by atoms with E-state index in [0.717, 1.165) is 53.1 Å². The molecule has 0 radical (unpaired) electrons. The van der Waals surface area contributed by atoms with Crippen molar-refractivity contribution in [3.63, 3.8) is 0 Å². The van der Waals surface area contributed by atoms with Crippen LogP contribution in [0.4, 0.5) is 0 Å². The molecular formula is C30H38ClN5O3. The van der Waals surface area contributed by atoms with E-state index in [4.69, 9.17) is 16.3 Å². The van der Waals surface area contributed by atoms with Gasteiger partial charge in [-0.2, -0.15) is 5.10 Å². The van der Waals surface area contributed by atoms with Gasteiger partial charge in [0.25, 0.3) is 0 Å². The number of carbonyl (C=O) groups excluding carboxylic acids is 2. The molecule has 0 bridgehead atoms. The normalized spacial score (nSPS) is 15.2. The van der Waals surface area contributed by atoms with Crippen LogP contribution in [0.2, 0.25) is 5.02 Å². The molecule has 0 saturated carbocycles. The fraction of sp³-hybridized carbons (Fsp3) is 0.433. The Hall–Kier alpha value is -3.36. The highest BCUT2D eigenvalue weighted by molar-refractivity contribution is 6.31. The maximum Gasteiger partial charge on any atom is 0.234 e. The van der Waals surface area contributed by atoms with Gasteiger partial charge in [0.2, 0.25) is 11.8 Å². The number of carbonyl (C=O) groups is 2. The molecule has 208 valence electrons. The first-order chi connectivity index (χ1) is 18.9. The second kappa shape index (κ2) is 14.1. The molecule has 3 aromatic rings. The van der Waals surface area contributed by atoms with E-state index in [2.05, 4.69) is 32.8 Å². The van der Waals surface area contributed by atoms with E-state index < -0.39 is 0 Å². The molecule has 1 aromatic heterocycles. The van der Waals surface area contributed by atoms with E-state index >= 15 is 0 Å². The first-order valence-corrected chi connectivity index (χ1v) is 14.0. The van der Waals surface area contributed by atoms with Crippen molar-refractivity contribution in [1.29, 1.82) is 0 Å². The van der Waals surface area contributed by atoms with Crippen LogP contribution in [0.3, 0.4) is 0 Å². The van der Waals surface area contributed by atoms with Crippen LogP contribution in [0.25, 0.3) is 0 Å². The largest absolute Gasteiger partial charge is 0.493 e. The highest BCUT2D eigenvalue weighted by atomic mass is 35.5. The number of aryl methyl sites for hydroxylation is 1. The molecule has 0 atom stereocenters. The van der Waals surface area contributed by atoms with Gasteiger partial charge in [0.15, 0.2) is 0 Å². The van der Waals surface area contributed by atoms with Crippen LogP contribution >= 0.6 is 11.6 Å². The molecule has 2 heterocycles. The van der Waals surface area contributed by atoms with Gasteiger partial charge in [0.05, 0.1) is 42.5 Å². The predicted octanol–water partition coefficient (Wildman–Crippen LogP) is 4.19. The van der Waals surface area contributed by atoms with E-state index in [1.807, 2.05) is 54.9 Å². The predicted molar refractivity (Wildman–Crippen MR) is 153 cm³/mol. The molecule has 39 heavy (non-hydrogen) atoms. The van der Waals surface area contributed by atoms with Gasteiger partial charge in [-0.05, 0) is 50.3 Å². The maximum atomic E-state index is 12.8. The fourth-order valence-electron chi connectivity index (χ4n) is 4.77. The Morgan fingerprint density at radius 3 is 2.67 bits per heavy atom. The number of nitrogens with zero attached hydrogens (tertiary/aromatic N) is 3. The van der Waals surface area contributed by atoms with Crippen LogP contribution in [-0.4, -0.2) is 52.7 Å².